The molecule has 3 aromatic rings. The van der Waals surface area contributed by atoms with Crippen LogP contribution in [-0.2, 0) is 53.0 Å². The summed E-state index contributed by atoms with van der Waals surface area (Å²) in [7, 11) is 0. The van der Waals surface area contributed by atoms with Gasteiger partial charge in [-0.1, -0.05) is 124 Å². The van der Waals surface area contributed by atoms with Crippen molar-refractivity contribution in [1.29, 1.82) is 0 Å². The fourth-order valence-electron chi connectivity index (χ4n) is 6.81. The topological polar surface area (TPSA) is 113 Å². The van der Waals surface area contributed by atoms with E-state index in [1.165, 1.54) is 0 Å². The normalized spacial score (nSPS) is 29.7. The molecular formula is C40H53N3O7. The van der Waals surface area contributed by atoms with Crippen molar-refractivity contribution >= 4 is 0 Å². The summed E-state index contributed by atoms with van der Waals surface area (Å²) in [6.45, 7) is 11.0. The van der Waals surface area contributed by atoms with Crippen molar-refractivity contribution in [3.8, 4) is 0 Å². The van der Waals surface area contributed by atoms with Gasteiger partial charge in [-0.3, -0.25) is 0 Å². The molecule has 2 aliphatic heterocycles. The first-order valence-electron chi connectivity index (χ1n) is 18.0. The number of benzene rings is 3. The number of nitrogens with zero attached hydrogens (tertiary/aromatic N) is 3. The second kappa shape index (κ2) is 19.9. The summed E-state index contributed by atoms with van der Waals surface area (Å²) in [6, 6.07) is 30.3. The summed E-state index contributed by atoms with van der Waals surface area (Å²) < 4.78 is 46.3. The maximum Gasteiger partial charge on any atom is 0.184 e. The molecule has 4 unspecified atom stereocenters. The minimum atomic E-state index is -0.690. The molecule has 0 radical (unpaired) electrons. The van der Waals surface area contributed by atoms with Gasteiger partial charge >= 0.3 is 0 Å². The zero-order chi connectivity index (χ0) is 35.1. The Morgan fingerprint density at radius 3 is 1.74 bits per heavy atom. The van der Waals surface area contributed by atoms with Crippen LogP contribution in [0.3, 0.4) is 0 Å². The highest BCUT2D eigenvalue weighted by molar-refractivity contribution is 5.15. The fourth-order valence-corrected chi connectivity index (χ4v) is 6.81. The number of hydrogen-bond donors (Lipinski definition) is 0. The molecule has 0 spiro atoms. The number of ether oxygens (including phenoxy) is 7. The minimum Gasteiger partial charge on any atom is -0.374 e. The molecule has 0 bridgehead atoms. The van der Waals surface area contributed by atoms with E-state index in [0.717, 1.165) is 23.1 Å². The maximum absolute atomic E-state index is 8.73. The summed E-state index contributed by atoms with van der Waals surface area (Å²) in [5.41, 5.74) is 11.9. The monoisotopic (exact) mass is 687 g/mol. The van der Waals surface area contributed by atoms with Crippen LogP contribution in [0.15, 0.2) is 96.1 Å². The Bertz CT molecular complexity index is 1430. The highest BCUT2D eigenvalue weighted by atomic mass is 16.7. The lowest BCUT2D eigenvalue weighted by Gasteiger charge is -2.49. The van der Waals surface area contributed by atoms with Crippen molar-refractivity contribution in [1.82, 2.24) is 0 Å². The standard InChI is InChI=1S/C40H53N3O7/c1-5-34-28(2)29(3)37(46-25-32-18-11-7-12-19-32)40(48-34)50-36-30(4)38(47-26-33-20-13-8-14-21-33)39(45-23-15-22-42-43-41)49-35(36)27-44-24-31-16-9-6-10-17-31/h6-14,16-21,28-30,34-40H,5,15,22-27H2,1-4H3/t28-,29+,30?,34?,35+,36+,37?,38?,39-,40+/m1/s1. The quantitative estimate of drug-likeness (QED) is 0.0573. The molecule has 2 fully saturated rings. The maximum atomic E-state index is 8.73. The van der Waals surface area contributed by atoms with Crippen LogP contribution in [0.2, 0.25) is 0 Å². The van der Waals surface area contributed by atoms with Gasteiger partial charge in [0.1, 0.15) is 18.3 Å². The van der Waals surface area contributed by atoms with E-state index in [1.54, 1.807) is 0 Å². The number of azide groups is 1. The zero-order valence-electron chi connectivity index (χ0n) is 29.8. The smallest absolute Gasteiger partial charge is 0.184 e. The molecule has 10 heteroatoms. The van der Waals surface area contributed by atoms with Crippen LogP contribution in [0.1, 0.15) is 57.2 Å². The van der Waals surface area contributed by atoms with E-state index in [0.29, 0.717) is 39.4 Å². The Morgan fingerprint density at radius 1 is 0.640 bits per heavy atom. The molecule has 0 saturated carbocycles. The Labute approximate surface area is 296 Å². The van der Waals surface area contributed by atoms with Crippen molar-refractivity contribution in [2.24, 2.45) is 22.9 Å². The summed E-state index contributed by atoms with van der Waals surface area (Å²) in [5, 5.41) is 3.65. The lowest BCUT2D eigenvalue weighted by molar-refractivity contribution is -0.352. The molecule has 10 nitrogen and oxygen atoms in total. The molecule has 3 aromatic carbocycles. The molecule has 50 heavy (non-hydrogen) atoms. The average molecular weight is 688 g/mol. The van der Waals surface area contributed by atoms with Gasteiger partial charge in [-0.2, -0.15) is 0 Å². The highest BCUT2D eigenvalue weighted by Crippen LogP contribution is 2.39. The van der Waals surface area contributed by atoms with E-state index >= 15 is 0 Å². The third-order valence-electron chi connectivity index (χ3n) is 9.90. The largest absolute Gasteiger partial charge is 0.374 e. The van der Waals surface area contributed by atoms with Crippen molar-refractivity contribution in [2.45, 2.75) is 103 Å². The fraction of sp³-hybridized carbons (Fsp3) is 0.550. The SMILES string of the molecule is CCC1O[C@@H](O[C@H]2C(C)C(OCc3ccccc3)[C@H](OCCCN=[N+]=[N-])O[C@H]2COCc2ccccc2)C(OCc2ccccc2)[C@@H](C)[C@H]1C. The van der Waals surface area contributed by atoms with Gasteiger partial charge in [0.15, 0.2) is 12.6 Å². The molecule has 0 amide bonds. The van der Waals surface area contributed by atoms with Gasteiger partial charge in [0.25, 0.3) is 0 Å². The van der Waals surface area contributed by atoms with Gasteiger partial charge in [-0.25, -0.2) is 0 Å². The van der Waals surface area contributed by atoms with Crippen LogP contribution in [-0.4, -0.2) is 62.9 Å². The summed E-state index contributed by atoms with van der Waals surface area (Å²) in [5.74, 6) is 0.302. The lowest BCUT2D eigenvalue weighted by atomic mass is 9.82. The van der Waals surface area contributed by atoms with E-state index < -0.39 is 30.9 Å². The Morgan fingerprint density at radius 2 is 1.18 bits per heavy atom. The predicted molar refractivity (Wildman–Crippen MR) is 191 cm³/mol. The lowest BCUT2D eigenvalue weighted by Crippen LogP contribution is -2.60. The molecule has 270 valence electrons. The molecule has 0 aromatic heterocycles. The first-order chi connectivity index (χ1) is 24.5. The molecular weight excluding hydrogens is 634 g/mol. The van der Waals surface area contributed by atoms with Gasteiger partial charge in [-0.15, -0.1) is 0 Å². The van der Waals surface area contributed by atoms with Gasteiger partial charge in [-0.05, 0) is 46.9 Å². The summed E-state index contributed by atoms with van der Waals surface area (Å²) in [6.07, 6.45) is -1.57. The van der Waals surface area contributed by atoms with Crippen LogP contribution in [0.25, 0.3) is 10.4 Å². The second-order valence-corrected chi connectivity index (χ2v) is 13.4. The van der Waals surface area contributed by atoms with Crippen molar-refractivity contribution in [3.63, 3.8) is 0 Å². The van der Waals surface area contributed by atoms with Crippen LogP contribution in [0.4, 0.5) is 0 Å². The number of hydrogen-bond acceptors (Lipinski definition) is 8. The molecule has 2 heterocycles. The second-order valence-electron chi connectivity index (χ2n) is 13.4. The van der Waals surface area contributed by atoms with Crippen molar-refractivity contribution < 1.29 is 33.2 Å². The highest BCUT2D eigenvalue weighted by Gasteiger charge is 2.50. The van der Waals surface area contributed by atoms with Gasteiger partial charge < -0.3 is 33.2 Å². The molecule has 0 aliphatic carbocycles. The third kappa shape index (κ3) is 10.6. The average Bonchev–Trinajstić information content (AvgIpc) is 3.15. The van der Waals surface area contributed by atoms with Crippen LogP contribution >= 0.6 is 0 Å². The first-order valence-corrected chi connectivity index (χ1v) is 18.0. The summed E-state index contributed by atoms with van der Waals surface area (Å²) >= 11 is 0. The first kappa shape index (κ1) is 37.9. The Kier molecular flexibility index (Phi) is 15.1. The number of rotatable bonds is 18. The van der Waals surface area contributed by atoms with E-state index in [1.807, 2.05) is 78.9 Å². The van der Waals surface area contributed by atoms with E-state index in [2.05, 4.69) is 49.9 Å². The van der Waals surface area contributed by atoms with Crippen LogP contribution < -0.4 is 0 Å². The van der Waals surface area contributed by atoms with Gasteiger partial charge in [0.2, 0.25) is 0 Å². The van der Waals surface area contributed by atoms with E-state index in [9.17, 15) is 0 Å². The molecule has 2 saturated heterocycles. The van der Waals surface area contributed by atoms with Crippen molar-refractivity contribution in [3.05, 3.63) is 118 Å². The molecule has 5 rings (SSSR count). The predicted octanol–water partition coefficient (Wildman–Crippen LogP) is 8.24. The third-order valence-corrected chi connectivity index (χ3v) is 9.90. The summed E-state index contributed by atoms with van der Waals surface area (Å²) in [4.78, 5) is 2.86. The van der Waals surface area contributed by atoms with E-state index in [4.69, 9.17) is 38.7 Å². The van der Waals surface area contributed by atoms with Gasteiger partial charge in [0, 0.05) is 24.0 Å². The van der Waals surface area contributed by atoms with Crippen molar-refractivity contribution in [2.75, 3.05) is 19.8 Å². The Hall–Kier alpha value is -3.31. The molecule has 2 aliphatic rings. The van der Waals surface area contributed by atoms with E-state index in [-0.39, 0.29) is 36.6 Å². The van der Waals surface area contributed by atoms with Crippen LogP contribution in [0, 0.1) is 17.8 Å². The molecule has 0 N–H and O–H groups in total. The Balaban J connectivity index is 1.39. The molecule has 10 atom stereocenters. The van der Waals surface area contributed by atoms with Crippen LogP contribution in [0.5, 0.6) is 0 Å². The van der Waals surface area contributed by atoms with Gasteiger partial charge in [0.05, 0.1) is 38.6 Å². The zero-order valence-corrected chi connectivity index (χ0v) is 29.8. The minimum absolute atomic E-state index is 0.0245.